The summed E-state index contributed by atoms with van der Waals surface area (Å²) >= 11 is 6.14. The average molecular weight is 684 g/mol. The van der Waals surface area contributed by atoms with Crippen molar-refractivity contribution in [3.8, 4) is 34.0 Å². The minimum atomic E-state index is -0.673. The second-order valence-corrected chi connectivity index (χ2v) is 13.5. The van der Waals surface area contributed by atoms with E-state index in [1.54, 1.807) is 73.4 Å². The lowest BCUT2D eigenvalue weighted by molar-refractivity contribution is 0.0986. The molecule has 2 unspecified atom stereocenters. The molecule has 0 saturated carbocycles. The molecule has 5 aromatic rings. The zero-order valence-electron chi connectivity index (χ0n) is 28.5. The van der Waals surface area contributed by atoms with Gasteiger partial charge in [-0.25, -0.2) is 14.6 Å². The summed E-state index contributed by atoms with van der Waals surface area (Å²) in [5, 5.41) is 17.1. The third-order valence-electron chi connectivity index (χ3n) is 8.58. The van der Waals surface area contributed by atoms with Crippen LogP contribution in [-0.2, 0) is 7.05 Å². The predicted molar refractivity (Wildman–Crippen MR) is 194 cm³/mol. The Bertz CT molecular complexity index is 2020. The number of amides is 1. The van der Waals surface area contributed by atoms with Crippen LogP contribution in [0.3, 0.4) is 0 Å². The van der Waals surface area contributed by atoms with Crippen molar-refractivity contribution >= 4 is 29.0 Å². The number of nitrogens with one attached hydrogen (secondary N) is 2. The zero-order valence-corrected chi connectivity index (χ0v) is 29.2. The van der Waals surface area contributed by atoms with Crippen molar-refractivity contribution in [1.29, 1.82) is 0 Å². The fraction of sp³-hybridized carbons (Fsp3) is 0.297. The lowest BCUT2D eigenvalue weighted by atomic mass is 9.88. The number of carbonyl (C=O) groups excluding carboxylic acids is 1. The zero-order chi connectivity index (χ0) is 35.5. The van der Waals surface area contributed by atoms with Gasteiger partial charge in [-0.05, 0) is 61.7 Å². The van der Waals surface area contributed by atoms with Crippen LogP contribution in [0.15, 0.2) is 83.8 Å². The Morgan fingerprint density at radius 3 is 2.47 bits per heavy atom. The first-order valence-corrected chi connectivity index (χ1v) is 16.3. The van der Waals surface area contributed by atoms with Crippen LogP contribution >= 0.6 is 11.6 Å². The molecule has 3 aromatic carbocycles. The number of anilines is 2. The van der Waals surface area contributed by atoms with Gasteiger partial charge in [0.2, 0.25) is 0 Å². The summed E-state index contributed by atoms with van der Waals surface area (Å²) in [7, 11) is 1.71. The minimum absolute atomic E-state index is 0.0295. The number of carbonyl (C=O) groups is 1. The molecule has 2 heterocycles. The van der Waals surface area contributed by atoms with E-state index in [2.05, 4.69) is 43.3 Å². The summed E-state index contributed by atoms with van der Waals surface area (Å²) in [6.07, 6.45) is 0.922. The molecule has 11 nitrogen and oxygen atoms in total. The summed E-state index contributed by atoms with van der Waals surface area (Å²) < 4.78 is 8.92. The highest BCUT2D eigenvalue weighted by molar-refractivity contribution is 6.30. The van der Waals surface area contributed by atoms with Crippen LogP contribution in [0.25, 0.3) is 28.2 Å². The van der Waals surface area contributed by atoms with Gasteiger partial charge in [-0.15, -0.1) is 0 Å². The molecule has 0 aliphatic rings. The average Bonchev–Trinajstić information content (AvgIpc) is 3.29. The monoisotopic (exact) mass is 683 g/mol. The number of nitrogens with zero attached hydrogens (tertiary/aromatic N) is 4. The molecule has 0 aliphatic heterocycles. The number of nitrogens with two attached hydrogens (primary N) is 1. The molecule has 5 N–H and O–H groups in total. The standard InChI is InChI=1S/C37H42ClN7O4/c1-22-32(36(48)45(44(22)6)28-11-8-10-26(38)18-28)35(47)42-27-15-13-24(14-16-27)33-34(39)41-20-31(43-33)25-9-7-12-30(17-25)49-21-29(46)19-40-23(2)37(3,4)5/h7-18,20,23,29,40,46H,19,21H2,1-6H3,(H2,39,41)(H,42,47). The number of aromatic nitrogens is 4. The van der Waals surface area contributed by atoms with Crippen molar-refractivity contribution in [2.75, 3.05) is 24.2 Å². The molecule has 0 spiro atoms. The van der Waals surface area contributed by atoms with Crippen molar-refractivity contribution in [3.05, 3.63) is 106 Å². The molecule has 0 aliphatic carbocycles. The molecule has 5 rings (SSSR count). The van der Waals surface area contributed by atoms with Gasteiger partial charge >= 0.3 is 0 Å². The van der Waals surface area contributed by atoms with Crippen LogP contribution in [0.1, 0.15) is 43.7 Å². The number of hydrogen-bond acceptors (Lipinski definition) is 8. The second kappa shape index (κ2) is 14.7. The molecular formula is C37H42ClN7O4. The SMILES string of the molecule is Cc1c(C(=O)Nc2ccc(-c3nc(-c4cccc(OCC(O)CNC(C)C(C)(C)C)c4)cnc3N)cc2)c(=O)n(-c2cccc(Cl)c2)n1C. The molecular weight excluding hydrogens is 642 g/mol. The fourth-order valence-electron chi connectivity index (χ4n) is 5.14. The predicted octanol–water partition coefficient (Wildman–Crippen LogP) is 5.86. The molecule has 2 atom stereocenters. The number of aliphatic hydroxyl groups is 1. The molecule has 0 saturated heterocycles. The summed E-state index contributed by atoms with van der Waals surface area (Å²) in [5.74, 6) is 0.307. The summed E-state index contributed by atoms with van der Waals surface area (Å²) in [6, 6.07) is 21.5. The maximum absolute atomic E-state index is 13.3. The Morgan fingerprint density at radius 2 is 1.78 bits per heavy atom. The molecule has 0 fully saturated rings. The minimum Gasteiger partial charge on any atom is -0.491 e. The van der Waals surface area contributed by atoms with Gasteiger partial charge in [0.25, 0.3) is 11.5 Å². The molecule has 0 radical (unpaired) electrons. The Kier molecular flexibility index (Phi) is 10.6. The fourth-order valence-corrected chi connectivity index (χ4v) is 5.32. The van der Waals surface area contributed by atoms with Gasteiger partial charge in [0.15, 0.2) is 0 Å². The highest BCUT2D eigenvalue weighted by Crippen LogP contribution is 2.29. The first-order chi connectivity index (χ1) is 23.2. The number of aliphatic hydroxyl groups excluding tert-OH is 1. The van der Waals surface area contributed by atoms with Gasteiger partial charge < -0.3 is 26.2 Å². The van der Waals surface area contributed by atoms with Gasteiger partial charge in [0, 0.05) is 41.5 Å². The number of rotatable bonds is 11. The van der Waals surface area contributed by atoms with E-state index < -0.39 is 17.6 Å². The van der Waals surface area contributed by atoms with Gasteiger partial charge in [-0.1, -0.05) is 62.7 Å². The normalized spacial score (nSPS) is 12.8. The van der Waals surface area contributed by atoms with E-state index >= 15 is 0 Å². The lowest BCUT2D eigenvalue weighted by Gasteiger charge is -2.29. The third kappa shape index (κ3) is 8.19. The highest BCUT2D eigenvalue weighted by atomic mass is 35.5. The van der Waals surface area contributed by atoms with Crippen LogP contribution in [-0.4, -0.2) is 55.6 Å². The van der Waals surface area contributed by atoms with Gasteiger partial charge in [-0.3, -0.25) is 14.3 Å². The number of nitrogen functional groups attached to an aromatic ring is 1. The van der Waals surface area contributed by atoms with Crippen molar-refractivity contribution < 1.29 is 14.6 Å². The largest absolute Gasteiger partial charge is 0.491 e. The van der Waals surface area contributed by atoms with Crippen LogP contribution in [0.4, 0.5) is 11.5 Å². The molecule has 49 heavy (non-hydrogen) atoms. The molecule has 2 aromatic heterocycles. The Labute approximate surface area is 290 Å². The Morgan fingerprint density at radius 1 is 1.06 bits per heavy atom. The van der Waals surface area contributed by atoms with Gasteiger partial charge in [0.05, 0.1) is 23.3 Å². The van der Waals surface area contributed by atoms with Crippen molar-refractivity contribution in [1.82, 2.24) is 24.6 Å². The maximum atomic E-state index is 13.3. The number of hydrogen-bond donors (Lipinski definition) is 4. The number of halogens is 1. The van der Waals surface area contributed by atoms with Crippen molar-refractivity contribution in [3.63, 3.8) is 0 Å². The van der Waals surface area contributed by atoms with Gasteiger partial charge in [-0.2, -0.15) is 0 Å². The molecule has 0 bridgehead atoms. The van der Waals surface area contributed by atoms with Gasteiger partial charge in [0.1, 0.15) is 35.5 Å². The van der Waals surface area contributed by atoms with Crippen LogP contribution in [0, 0.1) is 12.3 Å². The number of ether oxygens (including phenoxy) is 1. The highest BCUT2D eigenvalue weighted by Gasteiger charge is 2.23. The van der Waals surface area contributed by atoms with Crippen LogP contribution in [0.2, 0.25) is 5.02 Å². The van der Waals surface area contributed by atoms with Crippen molar-refractivity contribution in [2.45, 2.75) is 46.8 Å². The van der Waals surface area contributed by atoms with E-state index in [4.69, 9.17) is 27.1 Å². The molecule has 256 valence electrons. The smallest absolute Gasteiger partial charge is 0.284 e. The second-order valence-electron chi connectivity index (χ2n) is 13.1. The summed E-state index contributed by atoms with van der Waals surface area (Å²) in [6.45, 7) is 10.8. The van der Waals surface area contributed by atoms with E-state index in [1.165, 1.54) is 4.68 Å². The van der Waals surface area contributed by atoms with Crippen LogP contribution < -0.4 is 26.7 Å². The molecule has 12 heteroatoms. The van der Waals surface area contributed by atoms with Crippen molar-refractivity contribution in [2.24, 2.45) is 12.5 Å². The first-order valence-electron chi connectivity index (χ1n) is 16.0. The topological polar surface area (TPSA) is 149 Å². The van der Waals surface area contributed by atoms with Crippen LogP contribution in [0.5, 0.6) is 5.75 Å². The van der Waals surface area contributed by atoms with E-state index in [9.17, 15) is 14.7 Å². The first kappa shape index (κ1) is 35.3. The molecule has 1 amide bonds. The Balaban J connectivity index is 1.28. The Hall–Kier alpha value is -4.97. The van der Waals surface area contributed by atoms with E-state index in [1.807, 2.05) is 24.3 Å². The quantitative estimate of drug-likeness (QED) is 0.135. The van der Waals surface area contributed by atoms with E-state index in [0.29, 0.717) is 51.3 Å². The maximum Gasteiger partial charge on any atom is 0.284 e. The summed E-state index contributed by atoms with van der Waals surface area (Å²) in [5.41, 5.74) is 9.97. The van der Waals surface area contributed by atoms with E-state index in [-0.39, 0.29) is 29.4 Å². The number of benzene rings is 3. The third-order valence-corrected chi connectivity index (χ3v) is 8.82. The van der Waals surface area contributed by atoms with E-state index in [0.717, 1.165) is 5.56 Å². The lowest BCUT2D eigenvalue weighted by Crippen LogP contribution is -2.42. The summed E-state index contributed by atoms with van der Waals surface area (Å²) in [4.78, 5) is 35.8.